The van der Waals surface area contributed by atoms with Gasteiger partial charge in [0.2, 0.25) is 5.95 Å². The van der Waals surface area contributed by atoms with Crippen LogP contribution in [0.5, 0.6) is 0 Å². The fraction of sp³-hybridized carbons (Fsp3) is 0.320. The summed E-state index contributed by atoms with van der Waals surface area (Å²) >= 11 is 0. The fourth-order valence-electron chi connectivity index (χ4n) is 3.67. The Morgan fingerprint density at radius 3 is 2.31 bits per heavy atom. The predicted octanol–water partition coefficient (Wildman–Crippen LogP) is 5.02. The Kier molecular flexibility index (Phi) is 6.37. The molecule has 2 N–H and O–H groups in total. The monoisotopic (exact) mass is 430 g/mol. The topological polar surface area (TPSA) is 79.1 Å². The van der Waals surface area contributed by atoms with Gasteiger partial charge in [0.05, 0.1) is 19.0 Å². The molecular formula is C25H30N6O. The van der Waals surface area contributed by atoms with E-state index in [0.29, 0.717) is 5.95 Å². The second-order valence-electron chi connectivity index (χ2n) is 8.19. The number of aliphatic hydroxyl groups is 1. The van der Waals surface area contributed by atoms with Crippen molar-refractivity contribution in [2.45, 2.75) is 39.3 Å². The molecule has 2 aromatic carbocycles. The fourth-order valence-corrected chi connectivity index (χ4v) is 3.67. The second-order valence-corrected chi connectivity index (χ2v) is 8.19. The van der Waals surface area contributed by atoms with E-state index in [1.807, 2.05) is 48.0 Å². The molecule has 0 amide bonds. The molecule has 2 aromatic heterocycles. The van der Waals surface area contributed by atoms with Crippen molar-refractivity contribution < 1.29 is 5.11 Å². The first-order valence-corrected chi connectivity index (χ1v) is 11.0. The number of aromatic nitrogens is 4. The van der Waals surface area contributed by atoms with Crippen molar-refractivity contribution >= 4 is 28.6 Å². The van der Waals surface area contributed by atoms with Gasteiger partial charge in [-0.25, -0.2) is 4.98 Å². The zero-order valence-corrected chi connectivity index (χ0v) is 19.0. The smallest absolute Gasteiger partial charge is 0.227 e. The summed E-state index contributed by atoms with van der Waals surface area (Å²) in [6, 6.07) is 18.8. The van der Waals surface area contributed by atoms with Gasteiger partial charge in [-0.2, -0.15) is 9.97 Å². The molecule has 0 aliphatic heterocycles. The van der Waals surface area contributed by atoms with Crippen molar-refractivity contribution in [2.24, 2.45) is 0 Å². The van der Waals surface area contributed by atoms with Gasteiger partial charge >= 0.3 is 0 Å². The van der Waals surface area contributed by atoms with E-state index in [1.165, 1.54) is 5.56 Å². The molecule has 0 aliphatic rings. The number of imidazole rings is 1. The summed E-state index contributed by atoms with van der Waals surface area (Å²) < 4.78 is 2.04. The van der Waals surface area contributed by atoms with Crippen LogP contribution < -0.4 is 10.2 Å². The lowest BCUT2D eigenvalue weighted by atomic mass is 10.1. The Hall–Kier alpha value is -3.45. The molecule has 7 heteroatoms. The number of aliphatic hydroxyl groups excluding tert-OH is 1. The van der Waals surface area contributed by atoms with E-state index in [2.05, 4.69) is 60.5 Å². The molecule has 32 heavy (non-hydrogen) atoms. The summed E-state index contributed by atoms with van der Waals surface area (Å²) in [5.41, 5.74) is 4.87. The summed E-state index contributed by atoms with van der Waals surface area (Å²) in [4.78, 5) is 16.2. The van der Waals surface area contributed by atoms with Gasteiger partial charge in [-0.05, 0) is 43.5 Å². The van der Waals surface area contributed by atoms with E-state index in [1.54, 1.807) is 0 Å². The molecule has 0 spiro atoms. The number of hydrogen-bond acceptors (Lipinski definition) is 6. The van der Waals surface area contributed by atoms with Crippen LogP contribution in [0, 0.1) is 0 Å². The number of anilines is 3. The van der Waals surface area contributed by atoms with Crippen LogP contribution in [0.2, 0.25) is 0 Å². The van der Waals surface area contributed by atoms with Crippen molar-refractivity contribution in [2.75, 3.05) is 23.9 Å². The lowest BCUT2D eigenvalue weighted by Crippen LogP contribution is -2.24. The SMILES string of the molecule is CC[C@H](CO)Nc1nc(N(C)c2ccc(-c3ccccc3)cc2)c2ncn(C(C)C)c2n1. The van der Waals surface area contributed by atoms with E-state index in [4.69, 9.17) is 9.97 Å². The molecule has 0 fully saturated rings. The lowest BCUT2D eigenvalue weighted by molar-refractivity contribution is 0.271. The molecule has 0 saturated heterocycles. The van der Waals surface area contributed by atoms with Crippen LogP contribution in [0.4, 0.5) is 17.5 Å². The average Bonchev–Trinajstić information content (AvgIpc) is 3.26. The van der Waals surface area contributed by atoms with Gasteiger partial charge in [0.1, 0.15) is 0 Å². The summed E-state index contributed by atoms with van der Waals surface area (Å²) in [5.74, 6) is 1.21. The Morgan fingerprint density at radius 2 is 1.69 bits per heavy atom. The van der Waals surface area contributed by atoms with Crippen molar-refractivity contribution in [3.8, 4) is 11.1 Å². The van der Waals surface area contributed by atoms with Crippen LogP contribution in [0.1, 0.15) is 33.2 Å². The largest absolute Gasteiger partial charge is 0.394 e. The highest BCUT2D eigenvalue weighted by Gasteiger charge is 2.19. The highest BCUT2D eigenvalue weighted by molar-refractivity contribution is 5.87. The number of nitrogens with one attached hydrogen (secondary N) is 1. The number of rotatable bonds is 8. The molecule has 4 aromatic rings. The summed E-state index contributed by atoms with van der Waals surface area (Å²) in [5, 5.41) is 12.9. The van der Waals surface area contributed by atoms with Crippen LogP contribution in [-0.4, -0.2) is 44.3 Å². The van der Waals surface area contributed by atoms with Crippen LogP contribution in [0.15, 0.2) is 60.9 Å². The zero-order chi connectivity index (χ0) is 22.7. The van der Waals surface area contributed by atoms with Gasteiger partial charge in [-0.3, -0.25) is 0 Å². The normalized spacial score (nSPS) is 12.3. The average molecular weight is 431 g/mol. The highest BCUT2D eigenvalue weighted by Crippen LogP contribution is 2.31. The maximum Gasteiger partial charge on any atom is 0.227 e. The molecular weight excluding hydrogens is 400 g/mol. The van der Waals surface area contributed by atoms with Gasteiger partial charge in [0.15, 0.2) is 17.0 Å². The maximum atomic E-state index is 9.63. The zero-order valence-electron chi connectivity index (χ0n) is 19.0. The third kappa shape index (κ3) is 4.29. The first-order chi connectivity index (χ1) is 15.5. The Balaban J connectivity index is 1.74. The Bertz CT molecular complexity index is 1170. The number of fused-ring (bicyclic) bond motifs is 1. The second kappa shape index (κ2) is 9.36. The van der Waals surface area contributed by atoms with Gasteiger partial charge in [-0.15, -0.1) is 0 Å². The minimum absolute atomic E-state index is 0.0213. The first kappa shape index (κ1) is 21.8. The van der Waals surface area contributed by atoms with Crippen molar-refractivity contribution in [3.05, 3.63) is 60.9 Å². The van der Waals surface area contributed by atoms with Gasteiger partial charge in [-0.1, -0.05) is 49.4 Å². The molecule has 0 bridgehead atoms. The van der Waals surface area contributed by atoms with E-state index < -0.39 is 0 Å². The molecule has 0 unspecified atom stereocenters. The molecule has 7 nitrogen and oxygen atoms in total. The molecule has 0 radical (unpaired) electrons. The molecule has 2 heterocycles. The molecule has 0 saturated carbocycles. The minimum atomic E-state index is -0.105. The third-order valence-corrected chi connectivity index (χ3v) is 5.69. The van der Waals surface area contributed by atoms with E-state index >= 15 is 0 Å². The summed E-state index contributed by atoms with van der Waals surface area (Å²) in [6.45, 7) is 6.24. The van der Waals surface area contributed by atoms with E-state index in [9.17, 15) is 5.11 Å². The van der Waals surface area contributed by atoms with Crippen LogP contribution in [0.25, 0.3) is 22.3 Å². The maximum absolute atomic E-state index is 9.63. The summed E-state index contributed by atoms with van der Waals surface area (Å²) in [7, 11) is 1.99. The van der Waals surface area contributed by atoms with E-state index in [0.717, 1.165) is 34.7 Å². The molecule has 0 aliphatic carbocycles. The summed E-state index contributed by atoms with van der Waals surface area (Å²) in [6.07, 6.45) is 2.58. The molecule has 1 atom stereocenters. The Labute approximate surface area is 188 Å². The quantitative estimate of drug-likeness (QED) is 0.408. The van der Waals surface area contributed by atoms with Gasteiger partial charge in [0, 0.05) is 18.8 Å². The van der Waals surface area contributed by atoms with Gasteiger partial charge < -0.3 is 19.9 Å². The number of benzene rings is 2. The third-order valence-electron chi connectivity index (χ3n) is 5.69. The van der Waals surface area contributed by atoms with Crippen molar-refractivity contribution in [3.63, 3.8) is 0 Å². The van der Waals surface area contributed by atoms with E-state index in [-0.39, 0.29) is 18.7 Å². The first-order valence-electron chi connectivity index (χ1n) is 11.0. The van der Waals surface area contributed by atoms with Gasteiger partial charge in [0.25, 0.3) is 0 Å². The van der Waals surface area contributed by atoms with Crippen LogP contribution in [-0.2, 0) is 0 Å². The number of nitrogens with zero attached hydrogens (tertiary/aromatic N) is 5. The number of hydrogen-bond donors (Lipinski definition) is 2. The van der Waals surface area contributed by atoms with Crippen molar-refractivity contribution in [1.82, 2.24) is 19.5 Å². The predicted molar refractivity (Wildman–Crippen MR) is 130 cm³/mol. The lowest BCUT2D eigenvalue weighted by Gasteiger charge is -2.21. The molecule has 166 valence electrons. The molecule has 4 rings (SSSR count). The Morgan fingerprint density at radius 1 is 1.00 bits per heavy atom. The highest BCUT2D eigenvalue weighted by atomic mass is 16.3. The standard InChI is InChI=1S/C25H30N6O/c1-5-20(15-32)27-25-28-23(22-24(29-25)31(16-26-22)17(2)3)30(4)21-13-11-19(12-14-21)18-9-7-6-8-10-18/h6-14,16-17,20,32H,5,15H2,1-4H3,(H,27,28,29)/t20-/m1/s1. The van der Waals surface area contributed by atoms with Crippen LogP contribution in [0.3, 0.4) is 0 Å². The van der Waals surface area contributed by atoms with Crippen molar-refractivity contribution in [1.29, 1.82) is 0 Å². The minimum Gasteiger partial charge on any atom is -0.394 e. The van der Waals surface area contributed by atoms with Crippen LogP contribution >= 0.6 is 0 Å².